The first-order chi connectivity index (χ1) is 9.61. The maximum absolute atomic E-state index is 12.7. The molecule has 1 amide bonds. The van der Waals surface area contributed by atoms with Crippen LogP contribution in [0.5, 0.6) is 0 Å². The number of likely N-dealkylation sites (tertiary alicyclic amines) is 1. The minimum absolute atomic E-state index is 0.0987. The Bertz CT molecular complexity index is 554. The average Bonchev–Trinajstić information content (AvgIpc) is 2.45. The molecule has 3 heteroatoms. The van der Waals surface area contributed by atoms with Gasteiger partial charge in [0.05, 0.1) is 12.1 Å². The van der Waals surface area contributed by atoms with Crippen molar-refractivity contribution < 1.29 is 4.79 Å². The Morgan fingerprint density at radius 2 is 2.30 bits per heavy atom. The summed E-state index contributed by atoms with van der Waals surface area (Å²) in [5.41, 5.74) is 7.99. The normalized spacial score (nSPS) is 18.4. The van der Waals surface area contributed by atoms with E-state index < -0.39 is 0 Å². The SMILES string of the molecule is Cc1ccc(C#CCN)c(C(=O)N2CCCC(C)C2)c1. The standard InChI is InChI=1S/C17H22N2O/c1-13-7-8-15(6-3-9-18)16(11-13)17(20)19-10-4-5-14(2)12-19/h7-8,11,14H,4-5,9-10,12,18H2,1-2H3. The molecule has 1 aromatic carbocycles. The maximum atomic E-state index is 12.7. The van der Waals surface area contributed by atoms with Gasteiger partial charge in [0.1, 0.15) is 0 Å². The molecule has 20 heavy (non-hydrogen) atoms. The fourth-order valence-electron chi connectivity index (χ4n) is 2.63. The van der Waals surface area contributed by atoms with E-state index in [4.69, 9.17) is 5.73 Å². The van der Waals surface area contributed by atoms with Gasteiger partial charge in [-0.1, -0.05) is 30.4 Å². The van der Waals surface area contributed by atoms with Gasteiger partial charge in [0.25, 0.3) is 5.91 Å². The van der Waals surface area contributed by atoms with E-state index in [1.807, 2.05) is 30.0 Å². The van der Waals surface area contributed by atoms with Gasteiger partial charge in [0, 0.05) is 18.7 Å². The molecule has 1 atom stereocenters. The molecule has 0 spiro atoms. The fourth-order valence-corrected chi connectivity index (χ4v) is 2.63. The molecule has 0 aromatic heterocycles. The van der Waals surface area contributed by atoms with Gasteiger partial charge >= 0.3 is 0 Å². The molecule has 1 aliphatic heterocycles. The van der Waals surface area contributed by atoms with Crippen molar-refractivity contribution in [1.82, 2.24) is 4.90 Å². The predicted molar refractivity (Wildman–Crippen MR) is 81.4 cm³/mol. The first kappa shape index (κ1) is 14.6. The van der Waals surface area contributed by atoms with E-state index in [1.165, 1.54) is 6.42 Å². The van der Waals surface area contributed by atoms with Gasteiger partial charge in [-0.15, -0.1) is 0 Å². The summed E-state index contributed by atoms with van der Waals surface area (Å²) in [6.07, 6.45) is 2.29. The van der Waals surface area contributed by atoms with Crippen LogP contribution in [0.15, 0.2) is 18.2 Å². The second-order valence-corrected chi connectivity index (χ2v) is 5.55. The highest BCUT2D eigenvalue weighted by atomic mass is 16.2. The van der Waals surface area contributed by atoms with Crippen LogP contribution in [0.2, 0.25) is 0 Å². The van der Waals surface area contributed by atoms with Crippen LogP contribution >= 0.6 is 0 Å². The van der Waals surface area contributed by atoms with Crippen LogP contribution in [0.25, 0.3) is 0 Å². The second-order valence-electron chi connectivity index (χ2n) is 5.55. The van der Waals surface area contributed by atoms with Crippen LogP contribution < -0.4 is 5.73 Å². The molecule has 1 unspecified atom stereocenters. The first-order valence-electron chi connectivity index (χ1n) is 7.20. The topological polar surface area (TPSA) is 46.3 Å². The van der Waals surface area contributed by atoms with Crippen LogP contribution in [0.1, 0.15) is 41.3 Å². The molecule has 1 aliphatic rings. The summed E-state index contributed by atoms with van der Waals surface area (Å²) in [5.74, 6) is 6.53. The molecule has 0 saturated carbocycles. The Balaban J connectivity index is 2.30. The Hall–Kier alpha value is -1.79. The molecule has 0 aliphatic carbocycles. The van der Waals surface area contributed by atoms with Crippen LogP contribution in [0.3, 0.4) is 0 Å². The quantitative estimate of drug-likeness (QED) is 0.795. The molecule has 0 radical (unpaired) electrons. The van der Waals surface area contributed by atoms with Crippen molar-refractivity contribution in [2.75, 3.05) is 19.6 Å². The van der Waals surface area contributed by atoms with Crippen LogP contribution in [0.4, 0.5) is 0 Å². The van der Waals surface area contributed by atoms with Crippen molar-refractivity contribution >= 4 is 5.91 Å². The van der Waals surface area contributed by atoms with E-state index in [0.717, 1.165) is 30.6 Å². The molecule has 3 nitrogen and oxygen atoms in total. The summed E-state index contributed by atoms with van der Waals surface area (Å²) in [6.45, 7) is 6.19. The number of nitrogens with zero attached hydrogens (tertiary/aromatic N) is 1. The highest BCUT2D eigenvalue weighted by molar-refractivity contribution is 5.97. The molecule has 1 saturated heterocycles. The zero-order valence-corrected chi connectivity index (χ0v) is 12.3. The minimum Gasteiger partial charge on any atom is -0.338 e. The van der Waals surface area contributed by atoms with E-state index in [1.54, 1.807) is 0 Å². The molecule has 1 heterocycles. The van der Waals surface area contributed by atoms with Gasteiger partial charge in [-0.2, -0.15) is 0 Å². The fraction of sp³-hybridized carbons (Fsp3) is 0.471. The van der Waals surface area contributed by atoms with Crippen LogP contribution in [-0.2, 0) is 0 Å². The molecular formula is C17H22N2O. The number of carbonyl (C=O) groups excluding carboxylic acids is 1. The van der Waals surface area contributed by atoms with Crippen molar-refractivity contribution in [3.05, 3.63) is 34.9 Å². The summed E-state index contributed by atoms with van der Waals surface area (Å²) in [4.78, 5) is 14.7. The third-order valence-electron chi connectivity index (χ3n) is 3.67. The molecular weight excluding hydrogens is 248 g/mol. The van der Waals surface area contributed by atoms with Crippen molar-refractivity contribution in [3.63, 3.8) is 0 Å². The van der Waals surface area contributed by atoms with E-state index in [0.29, 0.717) is 18.0 Å². The Labute approximate surface area is 121 Å². The van der Waals surface area contributed by atoms with Crippen molar-refractivity contribution in [1.29, 1.82) is 0 Å². The Morgan fingerprint density at radius 3 is 3.00 bits per heavy atom. The number of nitrogens with two attached hydrogens (primary N) is 1. The smallest absolute Gasteiger partial charge is 0.255 e. The van der Waals surface area contributed by atoms with Gasteiger partial charge in [-0.05, 0) is 37.8 Å². The van der Waals surface area contributed by atoms with E-state index in [9.17, 15) is 4.79 Å². The second kappa shape index (κ2) is 6.58. The van der Waals surface area contributed by atoms with Crippen LogP contribution in [-0.4, -0.2) is 30.4 Å². The summed E-state index contributed by atoms with van der Waals surface area (Å²) in [5, 5.41) is 0. The van der Waals surface area contributed by atoms with Gasteiger partial charge < -0.3 is 10.6 Å². The maximum Gasteiger partial charge on any atom is 0.255 e. The summed E-state index contributed by atoms with van der Waals surface area (Å²) in [7, 11) is 0. The molecule has 2 rings (SSSR count). The summed E-state index contributed by atoms with van der Waals surface area (Å²) in [6, 6.07) is 5.83. The summed E-state index contributed by atoms with van der Waals surface area (Å²) >= 11 is 0. The van der Waals surface area contributed by atoms with Gasteiger partial charge in [0.15, 0.2) is 0 Å². The van der Waals surface area contributed by atoms with Crippen molar-refractivity contribution in [2.24, 2.45) is 11.7 Å². The number of benzene rings is 1. The third-order valence-corrected chi connectivity index (χ3v) is 3.67. The third kappa shape index (κ3) is 3.40. The zero-order valence-electron chi connectivity index (χ0n) is 12.3. The van der Waals surface area contributed by atoms with Crippen molar-refractivity contribution in [3.8, 4) is 11.8 Å². The largest absolute Gasteiger partial charge is 0.338 e. The highest BCUT2D eigenvalue weighted by Crippen LogP contribution is 2.20. The highest BCUT2D eigenvalue weighted by Gasteiger charge is 2.23. The van der Waals surface area contributed by atoms with Gasteiger partial charge in [-0.3, -0.25) is 4.79 Å². The number of carbonyl (C=O) groups is 1. The molecule has 1 fully saturated rings. The number of aryl methyl sites for hydroxylation is 1. The monoisotopic (exact) mass is 270 g/mol. The number of rotatable bonds is 1. The van der Waals surface area contributed by atoms with E-state index in [2.05, 4.69) is 18.8 Å². The van der Waals surface area contributed by atoms with Gasteiger partial charge in [0.2, 0.25) is 0 Å². The lowest BCUT2D eigenvalue weighted by Gasteiger charge is -2.31. The van der Waals surface area contributed by atoms with Crippen molar-refractivity contribution in [2.45, 2.75) is 26.7 Å². The molecule has 106 valence electrons. The molecule has 2 N–H and O–H groups in total. The Kier molecular flexibility index (Phi) is 4.81. The van der Waals surface area contributed by atoms with Crippen LogP contribution in [0, 0.1) is 24.7 Å². The first-order valence-corrected chi connectivity index (χ1v) is 7.20. The average molecular weight is 270 g/mol. The zero-order chi connectivity index (χ0) is 14.5. The molecule has 0 bridgehead atoms. The Morgan fingerprint density at radius 1 is 1.50 bits per heavy atom. The lowest BCUT2D eigenvalue weighted by Crippen LogP contribution is -2.39. The van der Waals surface area contributed by atoms with Gasteiger partial charge in [-0.25, -0.2) is 0 Å². The van der Waals surface area contributed by atoms with E-state index >= 15 is 0 Å². The number of amides is 1. The van der Waals surface area contributed by atoms with E-state index in [-0.39, 0.29) is 5.91 Å². The number of piperidine rings is 1. The predicted octanol–water partition coefficient (Wildman–Crippen LogP) is 2.18. The number of hydrogen-bond acceptors (Lipinski definition) is 2. The lowest BCUT2D eigenvalue weighted by molar-refractivity contribution is 0.0682. The summed E-state index contributed by atoms with van der Waals surface area (Å²) < 4.78 is 0. The lowest BCUT2D eigenvalue weighted by atomic mass is 9.98. The number of hydrogen-bond donors (Lipinski definition) is 1. The molecule has 1 aromatic rings. The minimum atomic E-state index is 0.0987.